The van der Waals surface area contributed by atoms with Crippen molar-refractivity contribution in [2.24, 2.45) is 7.05 Å². The van der Waals surface area contributed by atoms with Crippen molar-refractivity contribution in [3.05, 3.63) is 59.2 Å². The first-order valence-electron chi connectivity index (χ1n) is 5.19. The summed E-state index contributed by atoms with van der Waals surface area (Å²) in [5.41, 5.74) is 0.612. The molecule has 0 aliphatic rings. The van der Waals surface area contributed by atoms with E-state index < -0.39 is 11.8 Å². The first-order chi connectivity index (χ1) is 8.49. The topological polar surface area (TPSA) is 59.3 Å². The largest absolute Gasteiger partial charge is 0.477 e. The van der Waals surface area contributed by atoms with Crippen LogP contribution in [0.4, 0.5) is 4.39 Å². The molecule has 18 heavy (non-hydrogen) atoms. The summed E-state index contributed by atoms with van der Waals surface area (Å²) in [4.78, 5) is 22.9. The zero-order valence-corrected chi connectivity index (χ0v) is 9.55. The van der Waals surface area contributed by atoms with Gasteiger partial charge in [-0.3, -0.25) is 4.79 Å². The molecule has 0 saturated heterocycles. The van der Waals surface area contributed by atoms with Crippen LogP contribution in [0.25, 0.3) is 0 Å². The number of rotatable bonds is 3. The number of ketones is 1. The third-order valence-electron chi connectivity index (χ3n) is 2.59. The van der Waals surface area contributed by atoms with E-state index in [1.54, 1.807) is 7.05 Å². The molecule has 0 radical (unpaired) electrons. The molecule has 0 fully saturated rings. The smallest absolute Gasteiger partial charge is 0.352 e. The predicted molar refractivity (Wildman–Crippen MR) is 62.2 cm³/mol. The van der Waals surface area contributed by atoms with Crippen LogP contribution in [0.2, 0.25) is 0 Å². The van der Waals surface area contributed by atoms with Gasteiger partial charge in [-0.05, 0) is 30.3 Å². The summed E-state index contributed by atoms with van der Waals surface area (Å²) in [7, 11) is 1.55. The highest BCUT2D eigenvalue weighted by Gasteiger charge is 2.16. The zero-order chi connectivity index (χ0) is 13.3. The molecule has 0 bridgehead atoms. The maximum atomic E-state index is 12.7. The molecule has 0 amide bonds. The van der Waals surface area contributed by atoms with E-state index in [1.807, 2.05) is 0 Å². The van der Waals surface area contributed by atoms with Crippen molar-refractivity contribution in [1.29, 1.82) is 0 Å². The first-order valence-corrected chi connectivity index (χ1v) is 5.19. The predicted octanol–water partition coefficient (Wildman–Crippen LogP) is 2.09. The number of carbonyl (C=O) groups is 2. The summed E-state index contributed by atoms with van der Waals surface area (Å²) < 4.78 is 14.1. The fraction of sp³-hybridized carbons (Fsp3) is 0.0769. The minimum absolute atomic E-state index is 0.0282. The average Bonchev–Trinajstić information content (AvgIpc) is 2.71. The Morgan fingerprint density at radius 1 is 1.17 bits per heavy atom. The molecule has 0 atom stereocenters. The van der Waals surface area contributed by atoms with Gasteiger partial charge in [-0.1, -0.05) is 0 Å². The van der Waals surface area contributed by atoms with E-state index in [0.717, 1.165) is 0 Å². The number of carbonyl (C=O) groups excluding carboxylic acids is 1. The van der Waals surface area contributed by atoms with E-state index >= 15 is 0 Å². The van der Waals surface area contributed by atoms with Crippen molar-refractivity contribution in [2.45, 2.75) is 0 Å². The number of hydrogen-bond acceptors (Lipinski definition) is 2. The Bertz CT molecular complexity index is 614. The SMILES string of the molecule is Cn1cc(C(=O)c2ccc(F)cc2)cc1C(=O)O. The third kappa shape index (κ3) is 2.15. The first kappa shape index (κ1) is 12.0. The molecule has 5 heteroatoms. The Labute approximate surface area is 102 Å². The van der Waals surface area contributed by atoms with Crippen LogP contribution in [-0.2, 0) is 7.05 Å². The number of carboxylic acid groups (broad SMARTS) is 1. The molecule has 2 aromatic rings. The van der Waals surface area contributed by atoms with Crippen molar-refractivity contribution < 1.29 is 19.1 Å². The average molecular weight is 247 g/mol. The lowest BCUT2D eigenvalue weighted by Crippen LogP contribution is -2.02. The van der Waals surface area contributed by atoms with E-state index in [9.17, 15) is 14.0 Å². The molecule has 1 aromatic carbocycles. The Hall–Kier alpha value is -2.43. The summed E-state index contributed by atoms with van der Waals surface area (Å²) in [5, 5.41) is 8.89. The number of halogens is 1. The van der Waals surface area contributed by atoms with Crippen molar-refractivity contribution in [3.8, 4) is 0 Å². The van der Waals surface area contributed by atoms with Gasteiger partial charge in [-0.15, -0.1) is 0 Å². The molecule has 0 saturated carbocycles. The maximum absolute atomic E-state index is 12.7. The van der Waals surface area contributed by atoms with Gasteiger partial charge in [-0.25, -0.2) is 9.18 Å². The number of nitrogens with zero attached hydrogens (tertiary/aromatic N) is 1. The molecule has 4 nitrogen and oxygen atoms in total. The lowest BCUT2D eigenvalue weighted by Gasteiger charge is -1.97. The van der Waals surface area contributed by atoms with Crippen molar-refractivity contribution in [2.75, 3.05) is 0 Å². The van der Waals surface area contributed by atoms with Crippen LogP contribution in [0.3, 0.4) is 0 Å². The van der Waals surface area contributed by atoms with Gasteiger partial charge in [0.1, 0.15) is 11.5 Å². The van der Waals surface area contributed by atoms with Crippen LogP contribution in [0.5, 0.6) is 0 Å². The summed E-state index contributed by atoms with van der Waals surface area (Å²) in [5.74, 6) is -1.86. The highest BCUT2D eigenvalue weighted by Crippen LogP contribution is 2.14. The molecule has 0 unspecified atom stereocenters. The Morgan fingerprint density at radius 2 is 1.78 bits per heavy atom. The molecular weight excluding hydrogens is 237 g/mol. The fourth-order valence-corrected chi connectivity index (χ4v) is 1.67. The molecule has 0 aliphatic carbocycles. The standard InChI is InChI=1S/C13H10FNO3/c1-15-7-9(6-11(15)13(17)18)12(16)8-2-4-10(14)5-3-8/h2-7H,1H3,(H,17,18). The van der Waals surface area contributed by atoms with E-state index in [4.69, 9.17) is 5.11 Å². The van der Waals surface area contributed by atoms with Gasteiger partial charge < -0.3 is 9.67 Å². The normalized spacial score (nSPS) is 10.3. The molecule has 2 rings (SSSR count). The van der Waals surface area contributed by atoms with E-state index in [1.165, 1.54) is 41.1 Å². The minimum atomic E-state index is -1.10. The van der Waals surface area contributed by atoms with Crippen LogP contribution in [0.15, 0.2) is 36.5 Å². The van der Waals surface area contributed by atoms with Gasteiger partial charge in [0.2, 0.25) is 0 Å². The monoisotopic (exact) mass is 247 g/mol. The summed E-state index contributed by atoms with van der Waals surface area (Å²) in [6.45, 7) is 0. The quantitative estimate of drug-likeness (QED) is 0.845. The third-order valence-corrected chi connectivity index (χ3v) is 2.59. The van der Waals surface area contributed by atoms with E-state index in [0.29, 0.717) is 5.56 Å². The van der Waals surface area contributed by atoms with Gasteiger partial charge in [0, 0.05) is 24.4 Å². The number of aromatic nitrogens is 1. The number of carboxylic acids is 1. The molecule has 0 spiro atoms. The van der Waals surface area contributed by atoms with Gasteiger partial charge in [0.05, 0.1) is 0 Å². The van der Waals surface area contributed by atoms with Crippen molar-refractivity contribution in [3.63, 3.8) is 0 Å². The molecule has 1 aromatic heterocycles. The fourth-order valence-electron chi connectivity index (χ4n) is 1.67. The Kier molecular flexibility index (Phi) is 2.97. The van der Waals surface area contributed by atoms with E-state index in [2.05, 4.69) is 0 Å². The van der Waals surface area contributed by atoms with Crippen LogP contribution >= 0.6 is 0 Å². The Morgan fingerprint density at radius 3 is 2.28 bits per heavy atom. The molecule has 0 aliphatic heterocycles. The summed E-state index contributed by atoms with van der Waals surface area (Å²) >= 11 is 0. The van der Waals surface area contributed by atoms with Gasteiger partial charge in [-0.2, -0.15) is 0 Å². The van der Waals surface area contributed by atoms with Gasteiger partial charge in [0.25, 0.3) is 0 Å². The van der Waals surface area contributed by atoms with Gasteiger partial charge in [0.15, 0.2) is 5.78 Å². The lowest BCUT2D eigenvalue weighted by atomic mass is 10.1. The molecule has 1 N–H and O–H groups in total. The van der Waals surface area contributed by atoms with E-state index in [-0.39, 0.29) is 17.0 Å². The van der Waals surface area contributed by atoms with Crippen molar-refractivity contribution >= 4 is 11.8 Å². The number of benzene rings is 1. The zero-order valence-electron chi connectivity index (χ0n) is 9.55. The van der Waals surface area contributed by atoms with Crippen LogP contribution in [-0.4, -0.2) is 21.4 Å². The second kappa shape index (κ2) is 4.44. The number of hydrogen-bond donors (Lipinski definition) is 1. The Balaban J connectivity index is 2.37. The molecule has 1 heterocycles. The molecule has 92 valence electrons. The molecular formula is C13H10FNO3. The highest BCUT2D eigenvalue weighted by molar-refractivity contribution is 6.09. The minimum Gasteiger partial charge on any atom is -0.477 e. The summed E-state index contributed by atoms with van der Waals surface area (Å²) in [6.07, 6.45) is 1.44. The lowest BCUT2D eigenvalue weighted by molar-refractivity contribution is 0.0686. The number of aryl methyl sites for hydroxylation is 1. The second-order valence-corrected chi connectivity index (χ2v) is 3.87. The highest BCUT2D eigenvalue weighted by atomic mass is 19.1. The maximum Gasteiger partial charge on any atom is 0.352 e. The van der Waals surface area contributed by atoms with Crippen LogP contribution in [0.1, 0.15) is 26.4 Å². The number of aromatic carboxylic acids is 1. The van der Waals surface area contributed by atoms with Gasteiger partial charge >= 0.3 is 5.97 Å². The van der Waals surface area contributed by atoms with Crippen LogP contribution in [0, 0.1) is 5.82 Å². The van der Waals surface area contributed by atoms with Crippen molar-refractivity contribution in [1.82, 2.24) is 4.57 Å². The van der Waals surface area contributed by atoms with Crippen LogP contribution < -0.4 is 0 Å². The summed E-state index contributed by atoms with van der Waals surface area (Å²) in [6, 6.07) is 6.41. The second-order valence-electron chi connectivity index (χ2n) is 3.87.